The number of benzene rings is 2. The number of hydrogen-bond acceptors (Lipinski definition) is 5. The van der Waals surface area contributed by atoms with Crippen molar-refractivity contribution in [1.29, 1.82) is 0 Å². The van der Waals surface area contributed by atoms with E-state index in [1.165, 1.54) is 7.11 Å². The summed E-state index contributed by atoms with van der Waals surface area (Å²) >= 11 is 0. The van der Waals surface area contributed by atoms with Crippen LogP contribution in [-0.4, -0.2) is 36.7 Å². The second-order valence-electron chi connectivity index (χ2n) is 5.03. The Hall–Kier alpha value is -2.86. The van der Waals surface area contributed by atoms with Crippen molar-refractivity contribution >= 4 is 11.9 Å². The summed E-state index contributed by atoms with van der Waals surface area (Å²) in [6, 6.07) is 15.2. The average molecular weight is 329 g/mol. The van der Waals surface area contributed by atoms with Gasteiger partial charge in [0, 0.05) is 5.56 Å². The lowest BCUT2D eigenvalue weighted by atomic mass is 10.2. The topological polar surface area (TPSA) is 84.9 Å². The highest BCUT2D eigenvalue weighted by atomic mass is 16.5. The molecule has 0 saturated heterocycles. The monoisotopic (exact) mass is 329 g/mol. The molecular formula is C18H19NO5. The molecule has 2 N–H and O–H groups in total. The average Bonchev–Trinajstić information content (AvgIpc) is 2.64. The number of ether oxygens (including phenoxy) is 2. The number of hydrogen-bond donors (Lipinski definition) is 2. The van der Waals surface area contributed by atoms with Gasteiger partial charge in [-0.25, -0.2) is 4.79 Å². The summed E-state index contributed by atoms with van der Waals surface area (Å²) in [5.41, 5.74) is 1.40. The summed E-state index contributed by atoms with van der Waals surface area (Å²) in [5, 5.41) is 11.5. The maximum absolute atomic E-state index is 12.1. The van der Waals surface area contributed by atoms with Crippen molar-refractivity contribution in [3.63, 3.8) is 0 Å². The molecule has 0 spiro atoms. The predicted octanol–water partition coefficient (Wildman–Crippen LogP) is 1.53. The first-order chi connectivity index (χ1) is 11.6. The van der Waals surface area contributed by atoms with Crippen LogP contribution in [0, 0.1) is 0 Å². The van der Waals surface area contributed by atoms with E-state index in [1.54, 1.807) is 24.3 Å². The Kier molecular flexibility index (Phi) is 6.33. The number of esters is 1. The highest BCUT2D eigenvalue weighted by Gasteiger charge is 2.21. The standard InChI is InChI=1S/C18H19NO5/c1-23-18(22)16(11-20)19-17(21)14-7-9-15(10-8-14)24-12-13-5-3-2-4-6-13/h2-10,16,20H,11-12H2,1H3,(H,19,21)/t16-/m1/s1. The summed E-state index contributed by atoms with van der Waals surface area (Å²) < 4.78 is 10.1. The number of carbonyl (C=O) groups is 2. The minimum absolute atomic E-state index is 0.351. The summed E-state index contributed by atoms with van der Waals surface area (Å²) in [5.74, 6) is -0.551. The van der Waals surface area contributed by atoms with Crippen LogP contribution < -0.4 is 10.1 Å². The Labute approximate surface area is 140 Å². The molecule has 0 aliphatic heterocycles. The molecule has 24 heavy (non-hydrogen) atoms. The van der Waals surface area contributed by atoms with E-state index in [9.17, 15) is 9.59 Å². The summed E-state index contributed by atoms with van der Waals surface area (Å²) in [7, 11) is 1.19. The SMILES string of the molecule is COC(=O)[C@@H](CO)NC(=O)c1ccc(OCc2ccccc2)cc1. The van der Waals surface area contributed by atoms with Crippen molar-refractivity contribution in [2.45, 2.75) is 12.6 Å². The van der Waals surface area contributed by atoms with Crippen LogP contribution in [0.1, 0.15) is 15.9 Å². The quantitative estimate of drug-likeness (QED) is 0.753. The van der Waals surface area contributed by atoms with Crippen LogP contribution in [0.4, 0.5) is 0 Å². The van der Waals surface area contributed by atoms with Crippen molar-refractivity contribution in [2.24, 2.45) is 0 Å². The van der Waals surface area contributed by atoms with Gasteiger partial charge in [-0.15, -0.1) is 0 Å². The van der Waals surface area contributed by atoms with E-state index in [2.05, 4.69) is 10.1 Å². The third-order valence-corrected chi connectivity index (χ3v) is 3.34. The van der Waals surface area contributed by atoms with E-state index < -0.39 is 24.5 Å². The van der Waals surface area contributed by atoms with Crippen LogP contribution in [0.15, 0.2) is 54.6 Å². The van der Waals surface area contributed by atoms with Gasteiger partial charge in [0.15, 0.2) is 6.04 Å². The number of amides is 1. The highest BCUT2D eigenvalue weighted by molar-refractivity contribution is 5.96. The van der Waals surface area contributed by atoms with Crippen molar-refractivity contribution in [1.82, 2.24) is 5.32 Å². The van der Waals surface area contributed by atoms with Gasteiger partial charge in [0.1, 0.15) is 12.4 Å². The minimum atomic E-state index is -1.09. The number of aliphatic hydroxyl groups excluding tert-OH is 1. The Bertz CT molecular complexity index is 670. The molecule has 0 aliphatic carbocycles. The fourth-order valence-electron chi connectivity index (χ4n) is 2.01. The number of rotatable bonds is 7. The van der Waals surface area contributed by atoms with Crippen LogP contribution in [0.25, 0.3) is 0 Å². The molecule has 0 fully saturated rings. The fraction of sp³-hybridized carbons (Fsp3) is 0.222. The first-order valence-electron chi connectivity index (χ1n) is 7.40. The van der Waals surface area contributed by atoms with Gasteiger partial charge in [-0.3, -0.25) is 4.79 Å². The summed E-state index contributed by atoms with van der Waals surface area (Å²) in [6.07, 6.45) is 0. The number of carbonyl (C=O) groups excluding carboxylic acids is 2. The first-order valence-corrected chi connectivity index (χ1v) is 7.40. The molecular weight excluding hydrogens is 310 g/mol. The largest absolute Gasteiger partial charge is 0.489 e. The maximum atomic E-state index is 12.1. The molecule has 126 valence electrons. The third-order valence-electron chi connectivity index (χ3n) is 3.34. The van der Waals surface area contributed by atoms with Crippen LogP contribution >= 0.6 is 0 Å². The lowest BCUT2D eigenvalue weighted by molar-refractivity contribution is -0.143. The molecule has 2 aromatic carbocycles. The molecule has 0 aliphatic rings. The molecule has 1 amide bonds. The molecule has 0 bridgehead atoms. The van der Waals surface area contributed by atoms with Crippen LogP contribution in [0.3, 0.4) is 0 Å². The van der Waals surface area contributed by atoms with Crippen molar-refractivity contribution in [3.8, 4) is 5.75 Å². The van der Waals surface area contributed by atoms with E-state index >= 15 is 0 Å². The Morgan fingerprint density at radius 2 is 1.75 bits per heavy atom. The van der Waals surface area contributed by atoms with E-state index in [0.29, 0.717) is 17.9 Å². The molecule has 6 nitrogen and oxygen atoms in total. The lowest BCUT2D eigenvalue weighted by Gasteiger charge is -2.14. The zero-order valence-corrected chi connectivity index (χ0v) is 13.3. The Morgan fingerprint density at radius 3 is 2.33 bits per heavy atom. The van der Waals surface area contributed by atoms with Gasteiger partial charge >= 0.3 is 5.97 Å². The second kappa shape index (κ2) is 8.69. The van der Waals surface area contributed by atoms with Gasteiger partial charge in [-0.05, 0) is 29.8 Å². The predicted molar refractivity (Wildman–Crippen MR) is 87.6 cm³/mol. The highest BCUT2D eigenvalue weighted by Crippen LogP contribution is 2.14. The second-order valence-corrected chi connectivity index (χ2v) is 5.03. The van der Waals surface area contributed by atoms with Gasteiger partial charge in [0.25, 0.3) is 5.91 Å². The van der Waals surface area contributed by atoms with Gasteiger partial charge in [0.05, 0.1) is 13.7 Å². The molecule has 0 unspecified atom stereocenters. The zero-order valence-electron chi connectivity index (χ0n) is 13.3. The zero-order chi connectivity index (χ0) is 17.4. The molecule has 0 heterocycles. The summed E-state index contributed by atoms with van der Waals surface area (Å²) in [4.78, 5) is 23.4. The molecule has 6 heteroatoms. The molecule has 0 radical (unpaired) electrons. The van der Waals surface area contributed by atoms with E-state index in [1.807, 2.05) is 30.3 Å². The molecule has 2 aromatic rings. The maximum Gasteiger partial charge on any atom is 0.330 e. The van der Waals surface area contributed by atoms with Crippen molar-refractivity contribution in [3.05, 3.63) is 65.7 Å². The molecule has 1 atom stereocenters. The first kappa shape index (κ1) is 17.5. The molecule has 0 saturated carbocycles. The van der Waals surface area contributed by atoms with E-state index in [0.717, 1.165) is 5.56 Å². The van der Waals surface area contributed by atoms with Crippen LogP contribution in [-0.2, 0) is 16.1 Å². The molecule has 0 aromatic heterocycles. The third kappa shape index (κ3) is 4.82. The number of methoxy groups -OCH3 is 1. The normalized spacial score (nSPS) is 11.4. The lowest BCUT2D eigenvalue weighted by Crippen LogP contribution is -2.44. The van der Waals surface area contributed by atoms with Crippen molar-refractivity contribution in [2.75, 3.05) is 13.7 Å². The fourth-order valence-corrected chi connectivity index (χ4v) is 2.01. The molecule has 2 rings (SSSR count). The van der Waals surface area contributed by atoms with E-state index in [-0.39, 0.29) is 0 Å². The summed E-state index contributed by atoms with van der Waals surface area (Å²) in [6.45, 7) is -0.0992. The smallest absolute Gasteiger partial charge is 0.330 e. The number of aliphatic hydroxyl groups is 1. The van der Waals surface area contributed by atoms with Gasteiger partial charge < -0.3 is 19.9 Å². The van der Waals surface area contributed by atoms with Gasteiger partial charge in [-0.1, -0.05) is 30.3 Å². The van der Waals surface area contributed by atoms with Crippen LogP contribution in [0.5, 0.6) is 5.75 Å². The number of nitrogens with one attached hydrogen (secondary N) is 1. The van der Waals surface area contributed by atoms with Gasteiger partial charge in [0.2, 0.25) is 0 Å². The van der Waals surface area contributed by atoms with Gasteiger partial charge in [-0.2, -0.15) is 0 Å². The van der Waals surface area contributed by atoms with Crippen LogP contribution in [0.2, 0.25) is 0 Å². The Balaban J connectivity index is 1.93. The minimum Gasteiger partial charge on any atom is -0.489 e. The van der Waals surface area contributed by atoms with Crippen molar-refractivity contribution < 1.29 is 24.2 Å². The Morgan fingerprint density at radius 1 is 1.08 bits per heavy atom. The van der Waals surface area contributed by atoms with E-state index in [4.69, 9.17) is 9.84 Å².